The molecule has 5 nitrogen and oxygen atoms in total. The lowest BCUT2D eigenvalue weighted by molar-refractivity contribution is -0.857. The number of nitrogens with zero attached hydrogens (tertiary/aromatic N) is 1. The van der Waals surface area contributed by atoms with Crippen LogP contribution in [0.1, 0.15) is 18.5 Å². The summed E-state index contributed by atoms with van der Waals surface area (Å²) in [6.45, 7) is 2.31. The van der Waals surface area contributed by atoms with Gasteiger partial charge in [-0.05, 0) is 24.6 Å². The Morgan fingerprint density at radius 1 is 1.41 bits per heavy atom. The number of ketones is 1. The number of nitrogens with one attached hydrogen (secondary N) is 1. The topological polar surface area (TPSA) is 62.0 Å². The molecule has 0 aromatic heterocycles. The van der Waals surface area contributed by atoms with Crippen LogP contribution in [0.5, 0.6) is 0 Å². The van der Waals surface area contributed by atoms with Crippen molar-refractivity contribution in [2.75, 3.05) is 27.2 Å². The highest BCUT2D eigenvalue weighted by atomic mass is 19.1. The van der Waals surface area contributed by atoms with E-state index in [4.69, 9.17) is 0 Å². The molecule has 1 aliphatic rings. The summed E-state index contributed by atoms with van der Waals surface area (Å²) in [5.74, 6) is -1.95. The predicted molar refractivity (Wildman–Crippen MR) is 78.9 cm³/mol. The molecule has 1 aromatic rings. The molecule has 0 radical (unpaired) electrons. The summed E-state index contributed by atoms with van der Waals surface area (Å²) < 4.78 is 13.5. The van der Waals surface area contributed by atoms with E-state index in [0.717, 1.165) is 4.90 Å². The number of amides is 1. The third kappa shape index (κ3) is 3.01. The Bertz CT molecular complexity index is 640. The number of aliphatic hydroxyl groups is 1. The number of aliphatic hydroxyl groups excluding tert-OH is 1. The maximum Gasteiger partial charge on any atom is 0.290 e. The van der Waals surface area contributed by atoms with Crippen LogP contribution in [0.25, 0.3) is 0 Å². The van der Waals surface area contributed by atoms with Gasteiger partial charge in [-0.15, -0.1) is 0 Å². The Balaban J connectivity index is 2.46. The molecule has 1 heterocycles. The van der Waals surface area contributed by atoms with Gasteiger partial charge in [-0.25, -0.2) is 4.39 Å². The second-order valence-electron chi connectivity index (χ2n) is 5.73. The van der Waals surface area contributed by atoms with Crippen LogP contribution in [0.15, 0.2) is 35.6 Å². The molecule has 1 amide bonds. The summed E-state index contributed by atoms with van der Waals surface area (Å²) >= 11 is 0. The number of hydrogen-bond acceptors (Lipinski definition) is 3. The molecule has 0 bridgehead atoms. The molecule has 0 fully saturated rings. The standard InChI is InChI=1S/C16H19FN2O3/c1-10(20)13-14(11-5-4-6-12(17)9-11)19(8-7-18(2)3)16(22)15(13)21/h4-6,9,14,21H,7-8H2,1-3H3/p+1/t14-/m1/s1. The Morgan fingerprint density at radius 2 is 2.09 bits per heavy atom. The summed E-state index contributed by atoms with van der Waals surface area (Å²) in [5.41, 5.74) is 0.515. The van der Waals surface area contributed by atoms with Crippen LogP contribution in [0.2, 0.25) is 0 Å². The molecule has 1 atom stereocenters. The van der Waals surface area contributed by atoms with Gasteiger partial charge in [-0.2, -0.15) is 0 Å². The van der Waals surface area contributed by atoms with Crippen molar-refractivity contribution in [3.05, 3.63) is 47.0 Å². The fourth-order valence-electron chi connectivity index (χ4n) is 2.61. The molecule has 22 heavy (non-hydrogen) atoms. The van der Waals surface area contributed by atoms with Crippen LogP contribution in [-0.2, 0) is 9.59 Å². The van der Waals surface area contributed by atoms with E-state index in [1.54, 1.807) is 6.07 Å². The number of quaternary nitrogens is 1. The smallest absolute Gasteiger partial charge is 0.290 e. The third-order valence-corrected chi connectivity index (χ3v) is 3.70. The number of halogens is 1. The average molecular weight is 307 g/mol. The fourth-order valence-corrected chi connectivity index (χ4v) is 2.61. The minimum Gasteiger partial charge on any atom is -0.503 e. The first kappa shape index (κ1) is 16.2. The number of carbonyl (C=O) groups excluding carboxylic acids is 2. The molecule has 0 spiro atoms. The quantitative estimate of drug-likeness (QED) is 0.820. The molecule has 118 valence electrons. The van der Waals surface area contributed by atoms with Gasteiger partial charge < -0.3 is 14.9 Å². The number of rotatable bonds is 5. The highest BCUT2D eigenvalue weighted by Gasteiger charge is 2.42. The molecule has 0 saturated carbocycles. The van der Waals surface area contributed by atoms with Gasteiger partial charge in [0.2, 0.25) is 0 Å². The van der Waals surface area contributed by atoms with Gasteiger partial charge in [0.05, 0.1) is 38.8 Å². The van der Waals surface area contributed by atoms with Gasteiger partial charge in [-0.3, -0.25) is 9.59 Å². The first-order valence-corrected chi connectivity index (χ1v) is 7.12. The van der Waals surface area contributed by atoms with E-state index in [2.05, 4.69) is 0 Å². The van der Waals surface area contributed by atoms with Crippen molar-refractivity contribution in [1.82, 2.24) is 4.90 Å². The average Bonchev–Trinajstić information content (AvgIpc) is 2.69. The van der Waals surface area contributed by atoms with E-state index in [0.29, 0.717) is 18.7 Å². The monoisotopic (exact) mass is 307 g/mol. The number of hydrogen-bond donors (Lipinski definition) is 2. The van der Waals surface area contributed by atoms with Crippen LogP contribution in [0.4, 0.5) is 4.39 Å². The van der Waals surface area contributed by atoms with Crippen molar-refractivity contribution < 1.29 is 24.0 Å². The summed E-state index contributed by atoms with van der Waals surface area (Å²) in [6.07, 6.45) is 0. The van der Waals surface area contributed by atoms with Gasteiger partial charge in [0, 0.05) is 0 Å². The van der Waals surface area contributed by atoms with Crippen molar-refractivity contribution in [3.63, 3.8) is 0 Å². The molecule has 0 saturated heterocycles. The second-order valence-corrected chi connectivity index (χ2v) is 5.73. The zero-order chi connectivity index (χ0) is 16.4. The van der Waals surface area contributed by atoms with Crippen molar-refractivity contribution in [1.29, 1.82) is 0 Å². The number of carbonyl (C=O) groups is 2. The third-order valence-electron chi connectivity index (χ3n) is 3.70. The summed E-state index contributed by atoms with van der Waals surface area (Å²) in [6, 6.07) is 5.02. The molecule has 0 aliphatic carbocycles. The predicted octanol–water partition coefficient (Wildman–Crippen LogP) is 0.255. The lowest BCUT2D eigenvalue weighted by Gasteiger charge is -2.26. The van der Waals surface area contributed by atoms with Gasteiger partial charge in [-0.1, -0.05) is 12.1 Å². The molecule has 2 rings (SSSR count). The van der Waals surface area contributed by atoms with E-state index in [9.17, 15) is 19.1 Å². The van der Waals surface area contributed by atoms with E-state index in [1.807, 2.05) is 14.1 Å². The van der Waals surface area contributed by atoms with Gasteiger partial charge in [0.1, 0.15) is 5.82 Å². The Kier molecular flexibility index (Phi) is 4.61. The molecule has 6 heteroatoms. The molecule has 2 N–H and O–H groups in total. The maximum absolute atomic E-state index is 13.5. The summed E-state index contributed by atoms with van der Waals surface area (Å²) in [5, 5.41) is 10.0. The van der Waals surface area contributed by atoms with E-state index in [-0.39, 0.29) is 11.4 Å². The Labute approximate surface area is 128 Å². The molecule has 0 unspecified atom stereocenters. The van der Waals surface area contributed by atoms with E-state index >= 15 is 0 Å². The zero-order valence-corrected chi connectivity index (χ0v) is 12.9. The molecular formula is C16H20FN2O3+. The largest absolute Gasteiger partial charge is 0.503 e. The van der Waals surface area contributed by atoms with Crippen molar-refractivity contribution in [3.8, 4) is 0 Å². The number of likely N-dealkylation sites (N-methyl/N-ethyl adjacent to an activating group) is 1. The Hall–Kier alpha value is -2.21. The second kappa shape index (κ2) is 6.27. The van der Waals surface area contributed by atoms with Crippen LogP contribution in [0.3, 0.4) is 0 Å². The van der Waals surface area contributed by atoms with Crippen LogP contribution >= 0.6 is 0 Å². The summed E-state index contributed by atoms with van der Waals surface area (Å²) in [4.78, 5) is 26.7. The Morgan fingerprint density at radius 3 is 2.64 bits per heavy atom. The lowest BCUT2D eigenvalue weighted by atomic mass is 9.96. The first-order valence-electron chi connectivity index (χ1n) is 7.12. The van der Waals surface area contributed by atoms with E-state index < -0.39 is 23.5 Å². The van der Waals surface area contributed by atoms with E-state index in [1.165, 1.54) is 30.0 Å². The number of benzene rings is 1. The zero-order valence-electron chi connectivity index (χ0n) is 12.9. The van der Waals surface area contributed by atoms with Gasteiger partial charge in [0.15, 0.2) is 11.5 Å². The fraction of sp³-hybridized carbons (Fsp3) is 0.375. The SMILES string of the molecule is CC(=O)C1=C(O)C(=O)N(CC[NH+](C)C)[C@@H]1c1cccc(F)c1. The first-order chi connectivity index (χ1) is 10.3. The highest BCUT2D eigenvalue weighted by molar-refractivity contribution is 6.08. The number of Topliss-reactive ketones (excluding diaryl/α,β-unsaturated/α-hetero) is 1. The minimum absolute atomic E-state index is 0.0318. The minimum atomic E-state index is -0.736. The van der Waals surface area contributed by atoms with Gasteiger partial charge >= 0.3 is 0 Å². The molecular weight excluding hydrogens is 287 g/mol. The van der Waals surface area contributed by atoms with Crippen molar-refractivity contribution in [2.45, 2.75) is 13.0 Å². The van der Waals surface area contributed by atoms with Crippen molar-refractivity contribution in [2.24, 2.45) is 0 Å². The highest BCUT2D eigenvalue weighted by Crippen LogP contribution is 2.37. The van der Waals surface area contributed by atoms with Gasteiger partial charge in [0.25, 0.3) is 5.91 Å². The summed E-state index contributed by atoms with van der Waals surface area (Å²) in [7, 11) is 3.88. The lowest BCUT2D eigenvalue weighted by Crippen LogP contribution is -3.06. The normalized spacial score (nSPS) is 18.5. The van der Waals surface area contributed by atoms with Crippen LogP contribution in [-0.4, -0.2) is 48.9 Å². The molecule has 1 aromatic carbocycles. The molecule has 1 aliphatic heterocycles. The maximum atomic E-state index is 13.5. The van der Waals surface area contributed by atoms with Crippen LogP contribution < -0.4 is 4.90 Å². The van der Waals surface area contributed by atoms with Crippen molar-refractivity contribution >= 4 is 11.7 Å². The van der Waals surface area contributed by atoms with Crippen LogP contribution in [0, 0.1) is 5.82 Å².